The van der Waals surface area contributed by atoms with Gasteiger partial charge in [-0.05, 0) is 12.5 Å². The van der Waals surface area contributed by atoms with Crippen LogP contribution in [0.25, 0.3) is 0 Å². The van der Waals surface area contributed by atoms with Crippen molar-refractivity contribution in [2.75, 3.05) is 7.11 Å². The van der Waals surface area contributed by atoms with Crippen molar-refractivity contribution in [2.24, 2.45) is 0 Å². The molecule has 0 aliphatic heterocycles. The van der Waals surface area contributed by atoms with Gasteiger partial charge >= 0.3 is 5.97 Å². The second-order valence-corrected chi connectivity index (χ2v) is 2.51. The number of hydrogen-bond donors (Lipinski definition) is 1. The SMILES string of the molecule is CCc1nc(OC)ccc1C(=O)O. The Bertz CT molecular complexity index is 323. The third kappa shape index (κ3) is 1.96. The normalized spacial score (nSPS) is 9.69. The number of ether oxygens (including phenoxy) is 1. The molecule has 4 nitrogen and oxygen atoms in total. The summed E-state index contributed by atoms with van der Waals surface area (Å²) in [4.78, 5) is 14.7. The van der Waals surface area contributed by atoms with Gasteiger partial charge in [-0.15, -0.1) is 0 Å². The fraction of sp³-hybridized carbons (Fsp3) is 0.333. The van der Waals surface area contributed by atoms with E-state index in [9.17, 15) is 4.79 Å². The number of hydrogen-bond acceptors (Lipinski definition) is 3. The third-order valence-electron chi connectivity index (χ3n) is 1.72. The van der Waals surface area contributed by atoms with Crippen LogP contribution >= 0.6 is 0 Å². The van der Waals surface area contributed by atoms with Crippen molar-refractivity contribution in [3.8, 4) is 5.88 Å². The Balaban J connectivity index is 3.15. The Morgan fingerprint density at radius 3 is 2.77 bits per heavy atom. The molecule has 1 aromatic heterocycles. The van der Waals surface area contributed by atoms with Crippen LogP contribution in [0.4, 0.5) is 0 Å². The fourth-order valence-electron chi connectivity index (χ4n) is 1.06. The molecule has 0 aliphatic carbocycles. The van der Waals surface area contributed by atoms with Gasteiger partial charge in [0, 0.05) is 6.07 Å². The molecule has 4 heteroatoms. The molecule has 1 rings (SSSR count). The maximum absolute atomic E-state index is 10.7. The molecule has 1 aromatic rings. The highest BCUT2D eigenvalue weighted by atomic mass is 16.5. The lowest BCUT2D eigenvalue weighted by molar-refractivity contribution is 0.0695. The van der Waals surface area contributed by atoms with Gasteiger partial charge in [0.2, 0.25) is 5.88 Å². The van der Waals surface area contributed by atoms with Crippen LogP contribution in [0.1, 0.15) is 23.0 Å². The van der Waals surface area contributed by atoms with Crippen LogP contribution < -0.4 is 4.74 Å². The maximum Gasteiger partial charge on any atom is 0.337 e. The second kappa shape index (κ2) is 3.89. The van der Waals surface area contributed by atoms with Crippen LogP contribution in [0.5, 0.6) is 5.88 Å². The van der Waals surface area contributed by atoms with E-state index < -0.39 is 5.97 Å². The molecule has 0 saturated carbocycles. The minimum Gasteiger partial charge on any atom is -0.481 e. The monoisotopic (exact) mass is 181 g/mol. The van der Waals surface area contributed by atoms with Crippen molar-refractivity contribution in [1.82, 2.24) is 4.98 Å². The topological polar surface area (TPSA) is 59.4 Å². The number of methoxy groups -OCH3 is 1. The number of aromatic carboxylic acids is 1. The van der Waals surface area contributed by atoms with E-state index in [1.807, 2.05) is 6.92 Å². The highest BCUT2D eigenvalue weighted by Gasteiger charge is 2.10. The van der Waals surface area contributed by atoms with Gasteiger partial charge in [0.25, 0.3) is 0 Å². The molecule has 0 saturated heterocycles. The first-order chi connectivity index (χ1) is 6.19. The third-order valence-corrected chi connectivity index (χ3v) is 1.72. The van der Waals surface area contributed by atoms with Crippen molar-refractivity contribution in [2.45, 2.75) is 13.3 Å². The number of nitrogens with zero attached hydrogens (tertiary/aromatic N) is 1. The Morgan fingerprint density at radius 2 is 2.31 bits per heavy atom. The zero-order valence-corrected chi connectivity index (χ0v) is 7.57. The molecule has 1 heterocycles. The van der Waals surface area contributed by atoms with E-state index in [0.29, 0.717) is 18.0 Å². The standard InChI is InChI=1S/C9H11NO3/c1-3-7-6(9(11)12)4-5-8(10-7)13-2/h4-5H,3H2,1-2H3,(H,11,12). The summed E-state index contributed by atoms with van der Waals surface area (Å²) in [5.41, 5.74) is 0.787. The zero-order chi connectivity index (χ0) is 9.84. The molecule has 0 aliphatic rings. The molecule has 0 spiro atoms. The molecule has 0 atom stereocenters. The van der Waals surface area contributed by atoms with E-state index in [4.69, 9.17) is 9.84 Å². The van der Waals surface area contributed by atoms with Crippen LogP contribution in [-0.2, 0) is 6.42 Å². The van der Waals surface area contributed by atoms with Crippen LogP contribution in [0.2, 0.25) is 0 Å². The van der Waals surface area contributed by atoms with Gasteiger partial charge in [0.1, 0.15) is 0 Å². The summed E-state index contributed by atoms with van der Waals surface area (Å²) in [6.45, 7) is 1.86. The Morgan fingerprint density at radius 1 is 1.62 bits per heavy atom. The van der Waals surface area contributed by atoms with Gasteiger partial charge in [-0.25, -0.2) is 9.78 Å². The number of aryl methyl sites for hydroxylation is 1. The van der Waals surface area contributed by atoms with E-state index in [2.05, 4.69) is 4.98 Å². The Labute approximate surface area is 76.2 Å². The average Bonchev–Trinajstić information content (AvgIpc) is 2.16. The average molecular weight is 181 g/mol. The number of carbonyl (C=O) groups is 1. The molecular weight excluding hydrogens is 170 g/mol. The Hall–Kier alpha value is -1.58. The molecule has 0 aromatic carbocycles. The van der Waals surface area contributed by atoms with Crippen molar-refractivity contribution in [1.29, 1.82) is 0 Å². The number of carboxylic acids is 1. The van der Waals surface area contributed by atoms with Crippen molar-refractivity contribution in [3.63, 3.8) is 0 Å². The first-order valence-corrected chi connectivity index (χ1v) is 3.96. The van der Waals surface area contributed by atoms with E-state index in [-0.39, 0.29) is 5.56 Å². The number of rotatable bonds is 3. The highest BCUT2D eigenvalue weighted by Crippen LogP contribution is 2.13. The zero-order valence-electron chi connectivity index (χ0n) is 7.57. The second-order valence-electron chi connectivity index (χ2n) is 2.51. The van der Waals surface area contributed by atoms with E-state index in [1.165, 1.54) is 13.2 Å². The lowest BCUT2D eigenvalue weighted by Gasteiger charge is -2.04. The molecule has 13 heavy (non-hydrogen) atoms. The van der Waals surface area contributed by atoms with Gasteiger partial charge in [-0.1, -0.05) is 6.92 Å². The predicted molar refractivity (Wildman–Crippen MR) is 47.1 cm³/mol. The minimum absolute atomic E-state index is 0.239. The largest absolute Gasteiger partial charge is 0.481 e. The predicted octanol–water partition coefficient (Wildman–Crippen LogP) is 1.35. The number of aromatic nitrogens is 1. The first kappa shape index (κ1) is 9.51. The van der Waals surface area contributed by atoms with E-state index >= 15 is 0 Å². The van der Waals surface area contributed by atoms with Crippen LogP contribution in [0.3, 0.4) is 0 Å². The first-order valence-electron chi connectivity index (χ1n) is 3.96. The molecule has 70 valence electrons. The molecule has 0 unspecified atom stereocenters. The van der Waals surface area contributed by atoms with Crippen LogP contribution in [-0.4, -0.2) is 23.2 Å². The van der Waals surface area contributed by atoms with Gasteiger partial charge in [0.05, 0.1) is 18.4 Å². The molecule has 0 radical (unpaired) electrons. The lowest BCUT2D eigenvalue weighted by Crippen LogP contribution is -2.04. The Kier molecular flexibility index (Phi) is 2.84. The smallest absolute Gasteiger partial charge is 0.337 e. The van der Waals surface area contributed by atoms with Gasteiger partial charge < -0.3 is 9.84 Å². The van der Waals surface area contributed by atoms with Gasteiger partial charge in [0.15, 0.2) is 0 Å². The summed E-state index contributed by atoms with van der Waals surface area (Å²) >= 11 is 0. The van der Waals surface area contributed by atoms with E-state index in [1.54, 1.807) is 6.07 Å². The summed E-state index contributed by atoms with van der Waals surface area (Å²) in [5, 5.41) is 8.78. The summed E-state index contributed by atoms with van der Waals surface area (Å²) in [6.07, 6.45) is 0.582. The highest BCUT2D eigenvalue weighted by molar-refractivity contribution is 5.88. The lowest BCUT2D eigenvalue weighted by atomic mass is 10.1. The van der Waals surface area contributed by atoms with Crippen LogP contribution in [0, 0.1) is 0 Å². The number of pyridine rings is 1. The van der Waals surface area contributed by atoms with Crippen molar-refractivity contribution >= 4 is 5.97 Å². The minimum atomic E-state index is -0.952. The molecule has 0 fully saturated rings. The summed E-state index contributed by atoms with van der Waals surface area (Å²) in [7, 11) is 1.50. The van der Waals surface area contributed by atoms with Crippen molar-refractivity contribution in [3.05, 3.63) is 23.4 Å². The van der Waals surface area contributed by atoms with Gasteiger partial charge in [-0.2, -0.15) is 0 Å². The quantitative estimate of drug-likeness (QED) is 0.764. The van der Waals surface area contributed by atoms with Gasteiger partial charge in [-0.3, -0.25) is 0 Å². The van der Waals surface area contributed by atoms with Crippen LogP contribution in [0.15, 0.2) is 12.1 Å². The summed E-state index contributed by atoms with van der Waals surface area (Å²) < 4.78 is 4.89. The fourth-order valence-corrected chi connectivity index (χ4v) is 1.06. The van der Waals surface area contributed by atoms with Crippen molar-refractivity contribution < 1.29 is 14.6 Å². The molecule has 1 N–H and O–H groups in total. The molecule has 0 bridgehead atoms. The summed E-state index contributed by atoms with van der Waals surface area (Å²) in [5.74, 6) is -0.506. The molecular formula is C9H11NO3. The molecule has 0 amide bonds. The van der Waals surface area contributed by atoms with E-state index in [0.717, 1.165) is 0 Å². The number of carboxylic acid groups (broad SMARTS) is 1. The summed E-state index contributed by atoms with van der Waals surface area (Å²) in [6, 6.07) is 3.05. The maximum atomic E-state index is 10.7.